The third-order valence-electron chi connectivity index (χ3n) is 6.95. The lowest BCUT2D eigenvalue weighted by Gasteiger charge is -2.53. The highest BCUT2D eigenvalue weighted by molar-refractivity contribution is 6.74. The van der Waals surface area contributed by atoms with E-state index in [2.05, 4.69) is 81.8 Å². The Morgan fingerprint density at radius 2 is 1.88 bits per heavy atom. The highest BCUT2D eigenvalue weighted by Crippen LogP contribution is 2.53. The Morgan fingerprint density at radius 1 is 1.20 bits per heavy atom. The van der Waals surface area contributed by atoms with Crippen LogP contribution in [0.2, 0.25) is 18.1 Å². The molecule has 2 aliphatic rings. The Morgan fingerprint density at radius 3 is 2.48 bits per heavy atom. The molecule has 0 amide bonds. The maximum absolute atomic E-state index is 7.07. The normalized spacial score (nSPS) is 30.4. The van der Waals surface area contributed by atoms with Crippen LogP contribution in [0.3, 0.4) is 0 Å². The molecule has 3 heteroatoms. The fourth-order valence-electron chi connectivity index (χ4n) is 4.60. The molecule has 0 spiro atoms. The molecule has 25 heavy (non-hydrogen) atoms. The van der Waals surface area contributed by atoms with E-state index in [0.717, 1.165) is 6.54 Å². The lowest BCUT2D eigenvalue weighted by atomic mass is 9.79. The Kier molecular flexibility index (Phi) is 5.04. The molecular formula is C22H35NOSi. The Balaban J connectivity index is 2.03. The zero-order chi connectivity index (χ0) is 18.3. The first kappa shape index (κ1) is 18.9. The standard InChI is InChI=1S/C22H35NOSi/c1-7-17-23-19-13-14-20(24-25(5,6)21(2,3)4)22(23,16-15-19)18-11-9-8-10-12-18/h7-12,19-20H,1,13-17H2,2-6H3/t19-,20+,22+/m1/s1. The highest BCUT2D eigenvalue weighted by Gasteiger charge is 2.57. The molecule has 0 aliphatic carbocycles. The van der Waals surface area contributed by atoms with Crippen LogP contribution in [-0.4, -0.2) is 31.9 Å². The zero-order valence-corrected chi connectivity index (χ0v) is 17.7. The number of fused-ring (bicyclic) bond motifs is 2. The van der Waals surface area contributed by atoms with Crippen LogP contribution in [-0.2, 0) is 9.96 Å². The lowest BCUT2D eigenvalue weighted by molar-refractivity contribution is -0.0484. The van der Waals surface area contributed by atoms with Crippen LogP contribution in [0.15, 0.2) is 43.0 Å². The fraction of sp³-hybridized carbons (Fsp3) is 0.636. The van der Waals surface area contributed by atoms with E-state index in [4.69, 9.17) is 4.43 Å². The summed E-state index contributed by atoms with van der Waals surface area (Å²) in [4.78, 5) is 2.70. The topological polar surface area (TPSA) is 12.5 Å². The number of hydrogen-bond acceptors (Lipinski definition) is 2. The summed E-state index contributed by atoms with van der Waals surface area (Å²) in [5.74, 6) is 0. The molecule has 2 fully saturated rings. The monoisotopic (exact) mass is 357 g/mol. The average molecular weight is 358 g/mol. The van der Waals surface area contributed by atoms with Crippen molar-refractivity contribution in [2.45, 2.75) is 82.3 Å². The van der Waals surface area contributed by atoms with Crippen molar-refractivity contribution in [3.63, 3.8) is 0 Å². The molecule has 0 saturated carbocycles. The second-order valence-electron chi connectivity index (χ2n) is 9.37. The number of rotatable bonds is 5. The SMILES string of the molecule is C=CCN1[C@@H]2CC[C@H](O[Si](C)(C)C(C)(C)C)[C@@]1(c1ccccc1)CC2. The molecule has 2 bridgehead atoms. The minimum Gasteiger partial charge on any atom is -0.412 e. The van der Waals surface area contributed by atoms with Crippen molar-refractivity contribution in [2.24, 2.45) is 0 Å². The first-order valence-electron chi connectivity index (χ1n) is 9.83. The predicted molar refractivity (Wildman–Crippen MR) is 109 cm³/mol. The molecule has 0 N–H and O–H groups in total. The van der Waals surface area contributed by atoms with E-state index in [-0.39, 0.29) is 16.7 Å². The van der Waals surface area contributed by atoms with Gasteiger partial charge in [0.1, 0.15) is 0 Å². The molecule has 3 atom stereocenters. The molecule has 2 saturated heterocycles. The van der Waals surface area contributed by atoms with Crippen LogP contribution in [0, 0.1) is 0 Å². The summed E-state index contributed by atoms with van der Waals surface area (Å²) in [6, 6.07) is 11.8. The quantitative estimate of drug-likeness (QED) is 0.494. The van der Waals surface area contributed by atoms with E-state index in [1.807, 2.05) is 0 Å². The van der Waals surface area contributed by atoms with Gasteiger partial charge in [-0.2, -0.15) is 0 Å². The van der Waals surface area contributed by atoms with Gasteiger partial charge in [-0.15, -0.1) is 6.58 Å². The number of nitrogens with zero attached hydrogens (tertiary/aromatic N) is 1. The smallest absolute Gasteiger partial charge is 0.192 e. The molecule has 0 unspecified atom stereocenters. The molecular weight excluding hydrogens is 322 g/mol. The van der Waals surface area contributed by atoms with E-state index >= 15 is 0 Å². The summed E-state index contributed by atoms with van der Waals surface area (Å²) in [7, 11) is -1.82. The molecule has 2 heterocycles. The van der Waals surface area contributed by atoms with Crippen LogP contribution in [0.5, 0.6) is 0 Å². The highest BCUT2D eigenvalue weighted by atomic mass is 28.4. The summed E-state index contributed by atoms with van der Waals surface area (Å²) in [6.07, 6.45) is 7.27. The van der Waals surface area contributed by atoms with Crippen molar-refractivity contribution >= 4 is 8.32 Å². The first-order chi connectivity index (χ1) is 11.7. The van der Waals surface area contributed by atoms with Crippen molar-refractivity contribution in [3.8, 4) is 0 Å². The second kappa shape index (κ2) is 6.68. The van der Waals surface area contributed by atoms with Crippen molar-refractivity contribution in [1.82, 2.24) is 4.90 Å². The molecule has 2 nitrogen and oxygen atoms in total. The maximum Gasteiger partial charge on any atom is 0.192 e. The maximum atomic E-state index is 7.07. The Bertz CT molecular complexity index is 606. The minimum atomic E-state index is -1.82. The van der Waals surface area contributed by atoms with Crippen LogP contribution >= 0.6 is 0 Å². The predicted octanol–water partition coefficient (Wildman–Crippen LogP) is 5.72. The molecule has 138 valence electrons. The summed E-state index contributed by atoms with van der Waals surface area (Å²) < 4.78 is 7.07. The third-order valence-corrected chi connectivity index (χ3v) is 11.4. The largest absolute Gasteiger partial charge is 0.412 e. The van der Waals surface area contributed by atoms with Crippen LogP contribution in [0.25, 0.3) is 0 Å². The van der Waals surface area contributed by atoms with Crippen molar-refractivity contribution in [2.75, 3.05) is 6.54 Å². The van der Waals surface area contributed by atoms with E-state index < -0.39 is 8.32 Å². The number of hydrogen-bond donors (Lipinski definition) is 0. The van der Waals surface area contributed by atoms with Crippen molar-refractivity contribution in [3.05, 3.63) is 48.6 Å². The summed E-state index contributed by atoms with van der Waals surface area (Å²) >= 11 is 0. The van der Waals surface area contributed by atoms with Crippen molar-refractivity contribution in [1.29, 1.82) is 0 Å². The van der Waals surface area contributed by atoms with E-state index in [9.17, 15) is 0 Å². The number of benzene rings is 1. The summed E-state index contributed by atoms with van der Waals surface area (Å²) in [5.41, 5.74) is 1.45. The minimum absolute atomic E-state index is 0.0217. The fourth-order valence-corrected chi connectivity index (χ4v) is 5.98. The van der Waals surface area contributed by atoms with Crippen molar-refractivity contribution < 1.29 is 4.43 Å². The zero-order valence-electron chi connectivity index (χ0n) is 16.7. The van der Waals surface area contributed by atoms with Gasteiger partial charge in [-0.1, -0.05) is 57.2 Å². The molecule has 1 aromatic carbocycles. The van der Waals surface area contributed by atoms with Gasteiger partial charge in [0.2, 0.25) is 0 Å². The van der Waals surface area contributed by atoms with Gasteiger partial charge in [-0.3, -0.25) is 4.90 Å². The third kappa shape index (κ3) is 3.15. The van der Waals surface area contributed by atoms with Crippen LogP contribution in [0.1, 0.15) is 52.0 Å². The van der Waals surface area contributed by atoms with Gasteiger partial charge in [-0.25, -0.2) is 0 Å². The van der Waals surface area contributed by atoms with E-state index in [1.54, 1.807) is 0 Å². The summed E-state index contributed by atoms with van der Waals surface area (Å²) in [5, 5.41) is 0.240. The second-order valence-corrected chi connectivity index (χ2v) is 14.1. The lowest BCUT2D eigenvalue weighted by Crippen LogP contribution is -2.60. The van der Waals surface area contributed by atoms with E-state index in [0.29, 0.717) is 6.04 Å². The van der Waals surface area contributed by atoms with Crippen LogP contribution < -0.4 is 0 Å². The Labute approximate surface area is 155 Å². The van der Waals surface area contributed by atoms with Gasteiger partial charge in [0.05, 0.1) is 11.6 Å². The summed E-state index contributed by atoms with van der Waals surface area (Å²) in [6.45, 7) is 16.8. The molecule has 0 radical (unpaired) electrons. The van der Waals surface area contributed by atoms with E-state index in [1.165, 1.54) is 31.2 Å². The van der Waals surface area contributed by atoms with Gasteiger partial charge in [0, 0.05) is 12.6 Å². The van der Waals surface area contributed by atoms with Gasteiger partial charge < -0.3 is 4.43 Å². The van der Waals surface area contributed by atoms with Gasteiger partial charge in [0.25, 0.3) is 0 Å². The number of piperidine rings is 1. The molecule has 2 aliphatic heterocycles. The average Bonchev–Trinajstić information content (AvgIpc) is 2.80. The molecule has 1 aromatic rings. The first-order valence-corrected chi connectivity index (χ1v) is 12.7. The molecule has 3 rings (SSSR count). The Hall–Kier alpha value is -0.903. The van der Waals surface area contributed by atoms with Crippen LogP contribution in [0.4, 0.5) is 0 Å². The van der Waals surface area contributed by atoms with Gasteiger partial charge in [0.15, 0.2) is 8.32 Å². The van der Waals surface area contributed by atoms with Gasteiger partial charge >= 0.3 is 0 Å². The van der Waals surface area contributed by atoms with Gasteiger partial charge in [-0.05, 0) is 49.4 Å². The molecule has 0 aromatic heterocycles.